The van der Waals surface area contributed by atoms with Gasteiger partial charge in [-0.25, -0.2) is 8.78 Å². The number of benzene rings is 2. The standard InChI is InChI=1S/C14H11F2N5/c1-8-2-3-12(7-13(8)16)21-14(18-19-20-21)9-4-10(15)6-11(17)5-9/h2-7H,17H2,1H3. The second-order valence-corrected chi connectivity index (χ2v) is 4.62. The highest BCUT2D eigenvalue weighted by Gasteiger charge is 2.13. The van der Waals surface area contributed by atoms with E-state index in [0.29, 0.717) is 16.8 Å². The van der Waals surface area contributed by atoms with Crippen molar-refractivity contribution in [3.8, 4) is 17.1 Å². The van der Waals surface area contributed by atoms with Crippen LogP contribution in [-0.4, -0.2) is 20.2 Å². The van der Waals surface area contributed by atoms with E-state index in [2.05, 4.69) is 15.5 Å². The average molecular weight is 287 g/mol. The lowest BCUT2D eigenvalue weighted by Gasteiger charge is -2.06. The quantitative estimate of drug-likeness (QED) is 0.735. The summed E-state index contributed by atoms with van der Waals surface area (Å²) in [5.41, 5.74) is 7.26. The summed E-state index contributed by atoms with van der Waals surface area (Å²) in [5.74, 6) is -0.577. The predicted octanol–water partition coefficient (Wildman–Crippen LogP) is 2.50. The normalized spacial score (nSPS) is 10.8. The van der Waals surface area contributed by atoms with E-state index in [-0.39, 0.29) is 17.3 Å². The SMILES string of the molecule is Cc1ccc(-n2nnnc2-c2cc(N)cc(F)c2)cc1F. The average Bonchev–Trinajstić information content (AvgIpc) is 2.90. The Morgan fingerprint density at radius 1 is 1.10 bits per heavy atom. The summed E-state index contributed by atoms with van der Waals surface area (Å²) < 4.78 is 28.5. The number of nitrogens with two attached hydrogens (primary N) is 1. The van der Waals surface area contributed by atoms with Crippen LogP contribution in [0.3, 0.4) is 0 Å². The minimum atomic E-state index is -0.491. The summed E-state index contributed by atoms with van der Waals surface area (Å²) >= 11 is 0. The molecule has 0 amide bonds. The van der Waals surface area contributed by atoms with E-state index in [4.69, 9.17) is 5.73 Å². The summed E-state index contributed by atoms with van der Waals surface area (Å²) in [6.45, 7) is 1.66. The second kappa shape index (κ2) is 4.93. The van der Waals surface area contributed by atoms with Gasteiger partial charge in [0.2, 0.25) is 0 Å². The van der Waals surface area contributed by atoms with Gasteiger partial charge in [0.25, 0.3) is 0 Å². The molecule has 1 heterocycles. The van der Waals surface area contributed by atoms with Crippen molar-refractivity contribution < 1.29 is 8.78 Å². The topological polar surface area (TPSA) is 69.6 Å². The molecule has 0 unspecified atom stereocenters. The molecule has 7 heteroatoms. The van der Waals surface area contributed by atoms with E-state index in [9.17, 15) is 8.78 Å². The molecule has 106 valence electrons. The molecule has 3 aromatic rings. The third kappa shape index (κ3) is 2.45. The van der Waals surface area contributed by atoms with Gasteiger partial charge in [-0.05, 0) is 53.2 Å². The number of nitrogen functional groups attached to an aromatic ring is 1. The molecule has 0 radical (unpaired) electrons. The molecule has 0 saturated carbocycles. The van der Waals surface area contributed by atoms with Gasteiger partial charge in [0, 0.05) is 11.3 Å². The number of hydrogen-bond acceptors (Lipinski definition) is 4. The van der Waals surface area contributed by atoms with E-state index in [1.807, 2.05) is 0 Å². The van der Waals surface area contributed by atoms with Crippen LogP contribution in [0.4, 0.5) is 14.5 Å². The molecule has 2 aromatic carbocycles. The highest BCUT2D eigenvalue weighted by atomic mass is 19.1. The fourth-order valence-electron chi connectivity index (χ4n) is 2.00. The molecule has 21 heavy (non-hydrogen) atoms. The van der Waals surface area contributed by atoms with Gasteiger partial charge in [-0.15, -0.1) is 5.10 Å². The number of halogens is 2. The molecule has 0 spiro atoms. The van der Waals surface area contributed by atoms with Crippen molar-refractivity contribution in [1.82, 2.24) is 20.2 Å². The van der Waals surface area contributed by atoms with Gasteiger partial charge in [0.1, 0.15) is 11.6 Å². The zero-order valence-corrected chi connectivity index (χ0v) is 11.1. The number of tetrazole rings is 1. The van der Waals surface area contributed by atoms with Crippen LogP contribution in [0, 0.1) is 18.6 Å². The van der Waals surface area contributed by atoms with Crippen LogP contribution >= 0.6 is 0 Å². The maximum absolute atomic E-state index is 13.7. The Morgan fingerprint density at radius 2 is 1.90 bits per heavy atom. The molecular weight excluding hydrogens is 276 g/mol. The lowest BCUT2D eigenvalue weighted by atomic mass is 10.1. The van der Waals surface area contributed by atoms with Gasteiger partial charge < -0.3 is 5.73 Å². The number of hydrogen-bond donors (Lipinski definition) is 1. The summed E-state index contributed by atoms with van der Waals surface area (Å²) in [4.78, 5) is 0. The first kappa shape index (κ1) is 13.2. The zero-order chi connectivity index (χ0) is 15.0. The molecule has 0 aliphatic rings. The molecule has 1 aromatic heterocycles. The van der Waals surface area contributed by atoms with Gasteiger partial charge in [0.05, 0.1) is 5.69 Å². The van der Waals surface area contributed by atoms with Crippen molar-refractivity contribution in [2.45, 2.75) is 6.92 Å². The Bertz CT molecular complexity index is 793. The van der Waals surface area contributed by atoms with Crippen LogP contribution in [0.5, 0.6) is 0 Å². The third-order valence-corrected chi connectivity index (χ3v) is 3.05. The van der Waals surface area contributed by atoms with Gasteiger partial charge in [-0.1, -0.05) is 6.07 Å². The summed E-state index contributed by atoms with van der Waals surface area (Å²) in [5, 5.41) is 11.2. The van der Waals surface area contributed by atoms with Crippen LogP contribution in [-0.2, 0) is 0 Å². The molecule has 0 fully saturated rings. The smallest absolute Gasteiger partial charge is 0.187 e. The van der Waals surface area contributed by atoms with Crippen molar-refractivity contribution in [3.63, 3.8) is 0 Å². The van der Waals surface area contributed by atoms with Crippen LogP contribution in [0.15, 0.2) is 36.4 Å². The molecular formula is C14H11F2N5. The first-order chi connectivity index (χ1) is 10.0. The molecule has 0 aliphatic heterocycles. The van der Waals surface area contributed by atoms with Gasteiger partial charge in [-0.3, -0.25) is 0 Å². The van der Waals surface area contributed by atoms with E-state index >= 15 is 0 Å². The van der Waals surface area contributed by atoms with E-state index < -0.39 is 5.82 Å². The molecule has 0 aliphatic carbocycles. The molecule has 0 saturated heterocycles. The van der Waals surface area contributed by atoms with Crippen molar-refractivity contribution in [1.29, 1.82) is 0 Å². The Kier molecular flexibility index (Phi) is 3.09. The molecule has 3 rings (SSSR count). The fraction of sp³-hybridized carbons (Fsp3) is 0.0714. The lowest BCUT2D eigenvalue weighted by Crippen LogP contribution is -2.01. The predicted molar refractivity (Wildman–Crippen MR) is 73.7 cm³/mol. The maximum atomic E-state index is 13.7. The van der Waals surface area contributed by atoms with E-state index in [1.54, 1.807) is 25.1 Å². The Hall–Kier alpha value is -2.83. The summed E-state index contributed by atoms with van der Waals surface area (Å²) in [7, 11) is 0. The summed E-state index contributed by atoms with van der Waals surface area (Å²) in [6, 6.07) is 8.64. The third-order valence-electron chi connectivity index (χ3n) is 3.05. The Labute approximate surface area is 119 Å². The lowest BCUT2D eigenvalue weighted by molar-refractivity contribution is 0.615. The zero-order valence-electron chi connectivity index (χ0n) is 11.1. The van der Waals surface area contributed by atoms with Crippen LogP contribution < -0.4 is 5.73 Å². The molecule has 0 bridgehead atoms. The van der Waals surface area contributed by atoms with E-state index in [1.165, 1.54) is 22.9 Å². The number of aromatic nitrogens is 4. The van der Waals surface area contributed by atoms with Crippen LogP contribution in [0.1, 0.15) is 5.56 Å². The number of anilines is 1. The molecule has 5 nitrogen and oxygen atoms in total. The first-order valence-corrected chi connectivity index (χ1v) is 6.16. The first-order valence-electron chi connectivity index (χ1n) is 6.16. The van der Waals surface area contributed by atoms with Crippen LogP contribution in [0.25, 0.3) is 17.1 Å². The monoisotopic (exact) mass is 287 g/mol. The van der Waals surface area contributed by atoms with Crippen molar-refractivity contribution in [2.75, 3.05) is 5.73 Å². The van der Waals surface area contributed by atoms with Crippen molar-refractivity contribution in [2.24, 2.45) is 0 Å². The minimum Gasteiger partial charge on any atom is -0.399 e. The minimum absolute atomic E-state index is 0.259. The maximum Gasteiger partial charge on any atom is 0.187 e. The largest absolute Gasteiger partial charge is 0.399 e. The Balaban J connectivity index is 2.14. The van der Waals surface area contributed by atoms with Gasteiger partial charge >= 0.3 is 0 Å². The number of aryl methyl sites for hydroxylation is 1. The highest BCUT2D eigenvalue weighted by Crippen LogP contribution is 2.23. The van der Waals surface area contributed by atoms with Gasteiger partial charge in [-0.2, -0.15) is 4.68 Å². The number of nitrogens with zero attached hydrogens (tertiary/aromatic N) is 4. The molecule has 2 N–H and O–H groups in total. The summed E-state index contributed by atoms with van der Waals surface area (Å²) in [6.07, 6.45) is 0. The second-order valence-electron chi connectivity index (χ2n) is 4.62. The highest BCUT2D eigenvalue weighted by molar-refractivity contribution is 5.62. The van der Waals surface area contributed by atoms with E-state index in [0.717, 1.165) is 0 Å². The van der Waals surface area contributed by atoms with Crippen LogP contribution in [0.2, 0.25) is 0 Å². The van der Waals surface area contributed by atoms with Gasteiger partial charge in [0.15, 0.2) is 5.82 Å². The van der Waals surface area contributed by atoms with Crippen molar-refractivity contribution in [3.05, 3.63) is 53.6 Å². The fourth-order valence-corrected chi connectivity index (χ4v) is 2.00. The van der Waals surface area contributed by atoms with Crippen molar-refractivity contribution >= 4 is 5.69 Å². The molecule has 0 atom stereocenters. The Morgan fingerprint density at radius 3 is 2.62 bits per heavy atom. The number of rotatable bonds is 2.